The highest BCUT2D eigenvalue weighted by Crippen LogP contribution is 2.18. The molecule has 0 aromatic heterocycles. The van der Waals surface area contributed by atoms with Gasteiger partial charge in [-0.3, -0.25) is 0 Å². The maximum Gasteiger partial charge on any atom is 0.344 e. The van der Waals surface area contributed by atoms with Gasteiger partial charge in [-0.15, -0.1) is 0 Å². The highest BCUT2D eigenvalue weighted by molar-refractivity contribution is 7.81. The zero-order valence-electron chi connectivity index (χ0n) is 12.7. The molecule has 0 aliphatic carbocycles. The van der Waals surface area contributed by atoms with Gasteiger partial charge in [-0.1, -0.05) is 30.4 Å². The summed E-state index contributed by atoms with van der Waals surface area (Å²) in [6.45, 7) is 3.71. The van der Waals surface area contributed by atoms with Gasteiger partial charge in [0, 0.05) is 18.8 Å². The van der Waals surface area contributed by atoms with Crippen LogP contribution in [0, 0.1) is 0 Å². The van der Waals surface area contributed by atoms with Crippen LogP contribution >= 0.6 is 12.2 Å². The van der Waals surface area contributed by atoms with Gasteiger partial charge in [0.2, 0.25) is 0 Å². The van der Waals surface area contributed by atoms with Gasteiger partial charge in [-0.05, 0) is 31.9 Å². The molecule has 3 N–H and O–H groups in total. The van der Waals surface area contributed by atoms with Crippen molar-refractivity contribution in [3.63, 3.8) is 0 Å². The van der Waals surface area contributed by atoms with E-state index in [1.807, 2.05) is 35.2 Å². The summed E-state index contributed by atoms with van der Waals surface area (Å²) in [5.41, 5.74) is 7.23. The number of ether oxygens (including phenoxy) is 1. The average Bonchev–Trinajstić information content (AvgIpc) is 3.03. The van der Waals surface area contributed by atoms with E-state index in [-0.39, 0.29) is 17.2 Å². The molecular weight excluding hydrogens is 298 g/mol. The van der Waals surface area contributed by atoms with E-state index >= 15 is 0 Å². The van der Waals surface area contributed by atoms with Crippen LogP contribution in [0.4, 0.5) is 5.69 Å². The SMILES string of the molecule is CCOC(=O)/C(C(=S)Nc1ccccc1)=C(/N)N1CCCC1. The van der Waals surface area contributed by atoms with Gasteiger partial charge < -0.3 is 20.7 Å². The number of esters is 1. The standard InChI is InChI=1S/C16H21N3O2S/c1-2-21-16(20)13(14(17)19-10-6-7-11-19)15(22)18-12-8-4-3-5-9-12/h3-5,8-9H,2,6-7,10-11,17H2,1H3,(H,18,22)/b14-13-. The Kier molecular flexibility index (Phi) is 5.77. The molecule has 1 fully saturated rings. The highest BCUT2D eigenvalue weighted by atomic mass is 32.1. The molecule has 1 aromatic rings. The first-order valence-electron chi connectivity index (χ1n) is 7.41. The van der Waals surface area contributed by atoms with Crippen LogP contribution in [0.2, 0.25) is 0 Å². The maximum atomic E-state index is 12.3. The van der Waals surface area contributed by atoms with E-state index < -0.39 is 5.97 Å². The molecule has 5 nitrogen and oxygen atoms in total. The number of nitrogens with zero attached hydrogens (tertiary/aromatic N) is 1. The predicted molar refractivity (Wildman–Crippen MR) is 91.3 cm³/mol. The lowest BCUT2D eigenvalue weighted by Gasteiger charge is -2.21. The first-order chi connectivity index (χ1) is 10.6. The molecule has 118 valence electrons. The van der Waals surface area contributed by atoms with Crippen LogP contribution in [-0.2, 0) is 9.53 Å². The number of nitrogens with two attached hydrogens (primary N) is 1. The summed E-state index contributed by atoms with van der Waals surface area (Å²) in [5.74, 6) is -0.0929. The Labute approximate surface area is 136 Å². The third-order valence-electron chi connectivity index (χ3n) is 3.44. The van der Waals surface area contributed by atoms with Crippen molar-refractivity contribution in [2.45, 2.75) is 19.8 Å². The van der Waals surface area contributed by atoms with E-state index in [1.54, 1.807) is 6.92 Å². The van der Waals surface area contributed by atoms with Crippen molar-refractivity contribution in [1.82, 2.24) is 4.90 Å². The van der Waals surface area contributed by atoms with Gasteiger partial charge in [0.05, 0.1) is 6.61 Å². The van der Waals surface area contributed by atoms with Crippen LogP contribution in [0.5, 0.6) is 0 Å². The molecular formula is C16H21N3O2S. The molecule has 1 aliphatic rings. The Morgan fingerprint density at radius 1 is 1.32 bits per heavy atom. The third kappa shape index (κ3) is 3.98. The smallest absolute Gasteiger partial charge is 0.344 e. The van der Waals surface area contributed by atoms with Crippen LogP contribution in [0.25, 0.3) is 0 Å². The van der Waals surface area contributed by atoms with Crippen molar-refractivity contribution in [2.24, 2.45) is 5.73 Å². The Balaban J connectivity index is 2.25. The Hall–Kier alpha value is -2.08. The fraction of sp³-hybridized carbons (Fsp3) is 0.375. The minimum Gasteiger partial charge on any atom is -0.462 e. The number of thiocarbonyl (C=S) groups is 1. The van der Waals surface area contributed by atoms with Crippen molar-refractivity contribution in [2.75, 3.05) is 25.0 Å². The van der Waals surface area contributed by atoms with E-state index in [0.717, 1.165) is 31.6 Å². The lowest BCUT2D eigenvalue weighted by molar-refractivity contribution is -0.138. The second-order valence-corrected chi connectivity index (χ2v) is 5.40. The Morgan fingerprint density at radius 3 is 2.55 bits per heavy atom. The van der Waals surface area contributed by atoms with E-state index in [4.69, 9.17) is 22.7 Å². The van der Waals surface area contributed by atoms with E-state index in [9.17, 15) is 4.79 Å². The number of rotatable bonds is 5. The molecule has 6 heteroatoms. The molecule has 0 amide bonds. The molecule has 2 rings (SSSR count). The fourth-order valence-electron chi connectivity index (χ4n) is 2.35. The molecule has 1 aliphatic heterocycles. The Bertz CT molecular complexity index is 566. The quantitative estimate of drug-likeness (QED) is 0.493. The average molecular weight is 319 g/mol. The number of likely N-dealkylation sites (tertiary alicyclic amines) is 1. The summed E-state index contributed by atoms with van der Waals surface area (Å²) >= 11 is 5.38. The molecule has 1 heterocycles. The molecule has 0 bridgehead atoms. The van der Waals surface area contributed by atoms with Crippen molar-refractivity contribution >= 4 is 28.9 Å². The molecule has 0 unspecified atom stereocenters. The molecule has 1 aromatic carbocycles. The van der Waals surface area contributed by atoms with Crippen molar-refractivity contribution < 1.29 is 9.53 Å². The largest absolute Gasteiger partial charge is 0.462 e. The van der Waals surface area contributed by atoms with Crippen LogP contribution in [-0.4, -0.2) is 35.6 Å². The zero-order valence-corrected chi connectivity index (χ0v) is 13.5. The second kappa shape index (κ2) is 7.79. The van der Waals surface area contributed by atoms with E-state index in [2.05, 4.69) is 5.32 Å². The van der Waals surface area contributed by atoms with Crippen molar-refractivity contribution in [3.8, 4) is 0 Å². The number of carbonyl (C=O) groups is 1. The summed E-state index contributed by atoms with van der Waals surface area (Å²) in [5, 5.41) is 3.05. The first kappa shape index (κ1) is 16.3. The minimum atomic E-state index is -0.486. The van der Waals surface area contributed by atoms with Gasteiger partial charge in [0.15, 0.2) is 0 Å². The molecule has 0 radical (unpaired) electrons. The van der Waals surface area contributed by atoms with Crippen LogP contribution < -0.4 is 11.1 Å². The van der Waals surface area contributed by atoms with E-state index in [1.165, 1.54) is 0 Å². The number of benzene rings is 1. The molecule has 22 heavy (non-hydrogen) atoms. The minimum absolute atomic E-state index is 0.239. The van der Waals surface area contributed by atoms with Gasteiger partial charge in [0.1, 0.15) is 16.4 Å². The number of hydrogen-bond donors (Lipinski definition) is 2. The first-order valence-corrected chi connectivity index (χ1v) is 7.82. The number of hydrogen-bond acceptors (Lipinski definition) is 5. The number of anilines is 1. The van der Waals surface area contributed by atoms with Crippen LogP contribution in [0.15, 0.2) is 41.7 Å². The van der Waals surface area contributed by atoms with Crippen LogP contribution in [0.3, 0.4) is 0 Å². The summed E-state index contributed by atoms with van der Waals surface area (Å²) in [6, 6.07) is 9.45. The van der Waals surface area contributed by atoms with Gasteiger partial charge in [0.25, 0.3) is 0 Å². The number of nitrogens with one attached hydrogen (secondary N) is 1. The predicted octanol–water partition coefficient (Wildman–Crippen LogP) is 2.26. The molecule has 0 saturated carbocycles. The zero-order chi connectivity index (χ0) is 15.9. The molecule has 0 atom stereocenters. The number of carbonyl (C=O) groups excluding carboxylic acids is 1. The lowest BCUT2D eigenvalue weighted by Crippen LogP contribution is -2.33. The monoisotopic (exact) mass is 319 g/mol. The highest BCUT2D eigenvalue weighted by Gasteiger charge is 2.25. The summed E-state index contributed by atoms with van der Waals surface area (Å²) in [6.07, 6.45) is 2.13. The maximum absolute atomic E-state index is 12.3. The Morgan fingerprint density at radius 2 is 1.95 bits per heavy atom. The van der Waals surface area contributed by atoms with Crippen LogP contribution in [0.1, 0.15) is 19.8 Å². The molecule has 0 spiro atoms. The summed E-state index contributed by atoms with van der Waals surface area (Å²) in [4.78, 5) is 14.5. The molecule has 1 saturated heterocycles. The van der Waals surface area contributed by atoms with E-state index in [0.29, 0.717) is 5.82 Å². The lowest BCUT2D eigenvalue weighted by atomic mass is 10.2. The van der Waals surface area contributed by atoms with Gasteiger partial charge in [-0.25, -0.2) is 4.79 Å². The summed E-state index contributed by atoms with van der Waals surface area (Å²) < 4.78 is 5.11. The topological polar surface area (TPSA) is 67.6 Å². The number of para-hydroxylation sites is 1. The van der Waals surface area contributed by atoms with Gasteiger partial charge in [-0.2, -0.15) is 0 Å². The normalized spacial score (nSPS) is 15.2. The third-order valence-corrected chi connectivity index (χ3v) is 3.75. The second-order valence-electron chi connectivity index (χ2n) is 5.00. The van der Waals surface area contributed by atoms with Crippen molar-refractivity contribution in [3.05, 3.63) is 41.7 Å². The fourth-order valence-corrected chi connectivity index (χ4v) is 2.65. The summed E-state index contributed by atoms with van der Waals surface area (Å²) in [7, 11) is 0. The van der Waals surface area contributed by atoms with Crippen molar-refractivity contribution in [1.29, 1.82) is 0 Å². The van der Waals surface area contributed by atoms with Gasteiger partial charge >= 0.3 is 5.97 Å².